The molecule has 2 amide bonds. The lowest BCUT2D eigenvalue weighted by molar-refractivity contribution is -0.131. The Balaban J connectivity index is 1.81. The Morgan fingerprint density at radius 2 is 2.04 bits per heavy atom. The molecular weight excluding hydrogens is 316 g/mol. The predicted octanol–water partition coefficient (Wildman–Crippen LogP) is 1.97. The van der Waals surface area contributed by atoms with Crippen molar-refractivity contribution >= 4 is 29.2 Å². The molecule has 1 aliphatic heterocycles. The van der Waals surface area contributed by atoms with Gasteiger partial charge in [-0.2, -0.15) is 0 Å². The molecule has 1 N–H and O–H groups in total. The summed E-state index contributed by atoms with van der Waals surface area (Å²) in [5.41, 5.74) is 0.232. The molecule has 0 spiro atoms. The van der Waals surface area contributed by atoms with Crippen molar-refractivity contribution < 1.29 is 18.7 Å². The second kappa shape index (κ2) is 7.26. The van der Waals surface area contributed by atoms with Gasteiger partial charge in [-0.1, -0.05) is 6.07 Å². The average Bonchev–Trinajstić information content (AvgIpc) is 3.28. The Morgan fingerprint density at radius 1 is 1.22 bits per heavy atom. The van der Waals surface area contributed by atoms with E-state index in [2.05, 4.69) is 5.32 Å². The van der Waals surface area contributed by atoms with E-state index in [-0.39, 0.29) is 17.4 Å². The Labute approximate surface area is 137 Å². The van der Waals surface area contributed by atoms with Crippen LogP contribution in [-0.4, -0.2) is 43.0 Å². The quantitative estimate of drug-likeness (QED) is 0.869. The SMILES string of the molecule is O=C(N/C(=C\c1cccs1)C(=O)N1CCOCC1)c1ccco1. The summed E-state index contributed by atoms with van der Waals surface area (Å²) in [6, 6.07) is 6.96. The highest BCUT2D eigenvalue weighted by Gasteiger charge is 2.23. The Bertz CT molecular complexity index is 686. The van der Waals surface area contributed by atoms with Crippen molar-refractivity contribution in [2.75, 3.05) is 26.3 Å². The molecule has 6 nitrogen and oxygen atoms in total. The third kappa shape index (κ3) is 3.88. The molecule has 1 aliphatic rings. The minimum atomic E-state index is -0.445. The highest BCUT2D eigenvalue weighted by molar-refractivity contribution is 7.10. The van der Waals surface area contributed by atoms with Gasteiger partial charge in [-0.25, -0.2) is 0 Å². The van der Waals surface area contributed by atoms with Gasteiger partial charge in [0.05, 0.1) is 19.5 Å². The number of nitrogens with one attached hydrogen (secondary N) is 1. The average molecular weight is 332 g/mol. The number of ether oxygens (including phenoxy) is 1. The summed E-state index contributed by atoms with van der Waals surface area (Å²) < 4.78 is 10.3. The topological polar surface area (TPSA) is 71.8 Å². The van der Waals surface area contributed by atoms with E-state index in [0.29, 0.717) is 26.3 Å². The highest BCUT2D eigenvalue weighted by atomic mass is 32.1. The fraction of sp³-hybridized carbons (Fsp3) is 0.250. The number of morpholine rings is 1. The summed E-state index contributed by atoms with van der Waals surface area (Å²) >= 11 is 1.49. The lowest BCUT2D eigenvalue weighted by Crippen LogP contribution is -2.44. The van der Waals surface area contributed by atoms with E-state index >= 15 is 0 Å². The molecule has 0 atom stereocenters. The maximum atomic E-state index is 12.7. The molecule has 120 valence electrons. The largest absolute Gasteiger partial charge is 0.459 e. The number of carbonyl (C=O) groups is 2. The van der Waals surface area contributed by atoms with Gasteiger partial charge in [0.15, 0.2) is 5.76 Å². The highest BCUT2D eigenvalue weighted by Crippen LogP contribution is 2.15. The third-order valence-electron chi connectivity index (χ3n) is 3.35. The lowest BCUT2D eigenvalue weighted by atomic mass is 10.2. The van der Waals surface area contributed by atoms with Gasteiger partial charge in [-0.3, -0.25) is 9.59 Å². The molecule has 1 fully saturated rings. The number of carbonyl (C=O) groups excluding carboxylic acids is 2. The molecular formula is C16H16N2O4S. The van der Waals surface area contributed by atoms with Gasteiger partial charge >= 0.3 is 0 Å². The van der Waals surface area contributed by atoms with E-state index in [4.69, 9.17) is 9.15 Å². The first-order valence-electron chi connectivity index (χ1n) is 7.21. The van der Waals surface area contributed by atoms with Gasteiger partial charge in [-0.05, 0) is 29.7 Å². The van der Waals surface area contributed by atoms with Crippen molar-refractivity contribution in [3.8, 4) is 0 Å². The number of thiophene rings is 1. The molecule has 0 unspecified atom stereocenters. The lowest BCUT2D eigenvalue weighted by Gasteiger charge is -2.27. The molecule has 0 radical (unpaired) electrons. The molecule has 23 heavy (non-hydrogen) atoms. The van der Waals surface area contributed by atoms with Crippen molar-refractivity contribution in [3.05, 3.63) is 52.2 Å². The van der Waals surface area contributed by atoms with Crippen LogP contribution < -0.4 is 5.32 Å². The maximum Gasteiger partial charge on any atom is 0.291 e. The summed E-state index contributed by atoms with van der Waals surface area (Å²) in [6.45, 7) is 2.03. The van der Waals surface area contributed by atoms with Gasteiger partial charge in [0.25, 0.3) is 11.8 Å². The van der Waals surface area contributed by atoms with Crippen LogP contribution in [0.2, 0.25) is 0 Å². The standard InChI is InChI=1S/C16H16N2O4S/c19-15(14-4-1-7-22-14)17-13(11-12-3-2-10-23-12)16(20)18-5-8-21-9-6-18/h1-4,7,10-11H,5-6,8-9H2,(H,17,19)/b13-11-. The van der Waals surface area contributed by atoms with Crippen LogP contribution in [0.5, 0.6) is 0 Å². The molecule has 0 saturated carbocycles. The monoisotopic (exact) mass is 332 g/mol. The smallest absolute Gasteiger partial charge is 0.291 e. The van der Waals surface area contributed by atoms with Crippen molar-refractivity contribution in [1.82, 2.24) is 10.2 Å². The van der Waals surface area contributed by atoms with Crippen LogP contribution in [0.1, 0.15) is 15.4 Å². The first-order chi connectivity index (χ1) is 11.2. The fourth-order valence-corrected chi connectivity index (χ4v) is 2.85. The van der Waals surface area contributed by atoms with Crippen LogP contribution in [0.4, 0.5) is 0 Å². The summed E-state index contributed by atoms with van der Waals surface area (Å²) in [4.78, 5) is 27.4. The van der Waals surface area contributed by atoms with Crippen molar-refractivity contribution in [2.45, 2.75) is 0 Å². The van der Waals surface area contributed by atoms with E-state index in [1.807, 2.05) is 17.5 Å². The van der Waals surface area contributed by atoms with Crippen molar-refractivity contribution in [2.24, 2.45) is 0 Å². The van der Waals surface area contributed by atoms with E-state index < -0.39 is 5.91 Å². The number of amides is 2. The molecule has 3 heterocycles. The van der Waals surface area contributed by atoms with Crippen LogP contribution in [0.3, 0.4) is 0 Å². The van der Waals surface area contributed by atoms with Crippen LogP contribution >= 0.6 is 11.3 Å². The molecule has 2 aromatic rings. The predicted molar refractivity (Wildman–Crippen MR) is 85.9 cm³/mol. The number of furan rings is 1. The van der Waals surface area contributed by atoms with E-state index in [0.717, 1.165) is 4.88 Å². The third-order valence-corrected chi connectivity index (χ3v) is 4.17. The van der Waals surface area contributed by atoms with E-state index in [9.17, 15) is 9.59 Å². The molecule has 2 aromatic heterocycles. The van der Waals surface area contributed by atoms with Gasteiger partial charge in [0, 0.05) is 18.0 Å². The zero-order valence-corrected chi connectivity index (χ0v) is 13.2. The fourth-order valence-electron chi connectivity index (χ4n) is 2.20. The van der Waals surface area contributed by atoms with Crippen LogP contribution in [0, 0.1) is 0 Å². The first-order valence-corrected chi connectivity index (χ1v) is 8.09. The number of hydrogen-bond acceptors (Lipinski definition) is 5. The van der Waals surface area contributed by atoms with Crippen molar-refractivity contribution in [1.29, 1.82) is 0 Å². The number of rotatable bonds is 4. The molecule has 0 aromatic carbocycles. The van der Waals surface area contributed by atoms with E-state index in [1.54, 1.807) is 23.1 Å². The first kappa shape index (κ1) is 15.5. The normalized spacial score (nSPS) is 15.5. The zero-order chi connectivity index (χ0) is 16.1. The molecule has 1 saturated heterocycles. The molecule has 0 bridgehead atoms. The van der Waals surface area contributed by atoms with Gasteiger partial charge in [0.1, 0.15) is 5.70 Å². The van der Waals surface area contributed by atoms with Gasteiger partial charge in [0.2, 0.25) is 0 Å². The minimum Gasteiger partial charge on any atom is -0.459 e. The summed E-state index contributed by atoms with van der Waals surface area (Å²) in [5.74, 6) is -0.502. The van der Waals surface area contributed by atoms with Crippen molar-refractivity contribution in [3.63, 3.8) is 0 Å². The minimum absolute atomic E-state index is 0.164. The second-order valence-corrected chi connectivity index (χ2v) is 5.89. The van der Waals surface area contributed by atoms with Gasteiger partial charge in [-0.15, -0.1) is 11.3 Å². The van der Waals surface area contributed by atoms with Crippen LogP contribution in [0.25, 0.3) is 6.08 Å². The number of hydrogen-bond donors (Lipinski definition) is 1. The maximum absolute atomic E-state index is 12.7. The number of nitrogens with zero attached hydrogens (tertiary/aromatic N) is 1. The Kier molecular flexibility index (Phi) is 4.89. The second-order valence-electron chi connectivity index (χ2n) is 4.91. The molecule has 3 rings (SSSR count). The van der Waals surface area contributed by atoms with Crippen LogP contribution in [0.15, 0.2) is 46.0 Å². The van der Waals surface area contributed by atoms with Gasteiger partial charge < -0.3 is 19.4 Å². The zero-order valence-electron chi connectivity index (χ0n) is 12.4. The van der Waals surface area contributed by atoms with Crippen LogP contribution in [-0.2, 0) is 9.53 Å². The summed E-state index contributed by atoms with van der Waals surface area (Å²) in [6.07, 6.45) is 3.10. The Hall–Kier alpha value is -2.38. The van der Waals surface area contributed by atoms with E-state index in [1.165, 1.54) is 17.6 Å². The molecule has 7 heteroatoms. The summed E-state index contributed by atoms with van der Waals surface area (Å²) in [7, 11) is 0. The molecule has 0 aliphatic carbocycles. The summed E-state index contributed by atoms with van der Waals surface area (Å²) in [5, 5.41) is 4.57. The Morgan fingerprint density at radius 3 is 2.70 bits per heavy atom.